The molecule has 4 heteroatoms. The summed E-state index contributed by atoms with van der Waals surface area (Å²) in [5, 5.41) is 2.55. The van der Waals surface area contributed by atoms with Crippen LogP contribution in [0.25, 0.3) is 49.7 Å². The van der Waals surface area contributed by atoms with Crippen molar-refractivity contribution in [1.29, 1.82) is 0 Å². The van der Waals surface area contributed by atoms with Gasteiger partial charge in [0.1, 0.15) is 0 Å². The summed E-state index contributed by atoms with van der Waals surface area (Å²) < 4.78 is 4.69. The summed E-state index contributed by atoms with van der Waals surface area (Å²) in [6, 6.07) is 62.8. The molecule has 1 aliphatic heterocycles. The number of benzene rings is 7. The third-order valence-corrected chi connectivity index (χ3v) is 9.74. The monoisotopic (exact) mass is 701 g/mol. The van der Waals surface area contributed by atoms with Crippen molar-refractivity contribution in [1.82, 2.24) is 9.14 Å². The molecule has 8 aromatic rings. The van der Waals surface area contributed by atoms with Crippen LogP contribution in [0.4, 0.5) is 11.4 Å². The molecule has 0 saturated carbocycles. The van der Waals surface area contributed by atoms with E-state index in [-0.39, 0.29) is 0 Å². The van der Waals surface area contributed by atoms with E-state index < -0.39 is 0 Å². The fourth-order valence-corrected chi connectivity index (χ4v) is 7.29. The van der Waals surface area contributed by atoms with Gasteiger partial charge in [-0.2, -0.15) is 4.58 Å². The Kier molecular flexibility index (Phi) is 11.2. The van der Waals surface area contributed by atoms with E-state index in [2.05, 4.69) is 235 Å². The first-order chi connectivity index (χ1) is 26.7. The van der Waals surface area contributed by atoms with Gasteiger partial charge in [-0.25, -0.2) is 0 Å². The van der Waals surface area contributed by atoms with E-state index in [0.717, 1.165) is 6.42 Å². The number of allylic oxidation sites excluding steroid dienone is 4. The van der Waals surface area contributed by atoms with Gasteiger partial charge in [0.15, 0.2) is 6.21 Å². The molecule has 2 heterocycles. The van der Waals surface area contributed by atoms with Crippen molar-refractivity contribution >= 4 is 39.4 Å². The van der Waals surface area contributed by atoms with Crippen molar-refractivity contribution in [2.45, 2.75) is 20.3 Å². The minimum Gasteiger partial charge on any atom is -0.309 e. The minimum atomic E-state index is 1.03. The van der Waals surface area contributed by atoms with Gasteiger partial charge in [-0.1, -0.05) is 133 Å². The molecular formula is C50H45N4+. The quantitative estimate of drug-likeness (QED) is 0.0785. The molecule has 0 amide bonds. The summed E-state index contributed by atoms with van der Waals surface area (Å²) in [4.78, 5) is 0. The number of hydrogen-bond donors (Lipinski definition) is 2. The molecule has 0 spiro atoms. The van der Waals surface area contributed by atoms with Gasteiger partial charge >= 0.3 is 0 Å². The molecule has 54 heavy (non-hydrogen) atoms. The Hall–Kier alpha value is -6.59. The van der Waals surface area contributed by atoms with Crippen molar-refractivity contribution in [3.63, 3.8) is 0 Å². The Labute approximate surface area is 318 Å². The van der Waals surface area contributed by atoms with Crippen LogP contribution in [0.5, 0.6) is 0 Å². The van der Waals surface area contributed by atoms with E-state index >= 15 is 0 Å². The Morgan fingerprint density at radius 2 is 1.11 bits per heavy atom. The highest BCUT2D eigenvalue weighted by Crippen LogP contribution is 2.46. The van der Waals surface area contributed by atoms with E-state index in [1.165, 1.54) is 77.8 Å². The number of hydrogen-bond acceptors (Lipinski definition) is 2. The first kappa shape index (κ1) is 35.8. The van der Waals surface area contributed by atoms with E-state index in [0.29, 0.717) is 0 Å². The highest BCUT2D eigenvalue weighted by Gasteiger charge is 2.31. The normalized spacial score (nSPS) is 12.6. The lowest BCUT2D eigenvalue weighted by Crippen LogP contribution is -2.02. The average molecular weight is 702 g/mol. The number of rotatable bonds is 6. The van der Waals surface area contributed by atoms with Crippen LogP contribution in [0.1, 0.15) is 25.0 Å². The number of aromatic nitrogens is 1. The highest BCUT2D eigenvalue weighted by molar-refractivity contribution is 6.10. The van der Waals surface area contributed by atoms with Crippen molar-refractivity contribution in [3.8, 4) is 27.9 Å². The summed E-state index contributed by atoms with van der Waals surface area (Å²) in [6.07, 6.45) is 9.60. The first-order valence-electron chi connectivity index (χ1n) is 18.4. The molecule has 0 bridgehead atoms. The molecule has 0 saturated heterocycles. The van der Waals surface area contributed by atoms with E-state index in [1.807, 2.05) is 0 Å². The maximum Gasteiger partial charge on any atom is 0.219 e. The van der Waals surface area contributed by atoms with Crippen LogP contribution in [0.2, 0.25) is 0 Å². The average Bonchev–Trinajstić information content (AvgIpc) is 3.74. The summed E-state index contributed by atoms with van der Waals surface area (Å²) in [6.45, 7) is 4.18. The van der Waals surface area contributed by atoms with E-state index in [1.54, 1.807) is 0 Å². The van der Waals surface area contributed by atoms with Crippen LogP contribution in [0, 0.1) is 0 Å². The Morgan fingerprint density at radius 1 is 0.556 bits per heavy atom. The molecule has 9 rings (SSSR count). The summed E-state index contributed by atoms with van der Waals surface area (Å²) in [5.41, 5.74) is 15.0. The van der Waals surface area contributed by atoms with Gasteiger partial charge < -0.3 is 4.57 Å². The first-order valence-corrected chi connectivity index (χ1v) is 18.4. The highest BCUT2D eigenvalue weighted by atomic mass is 15.0. The summed E-state index contributed by atoms with van der Waals surface area (Å²) in [7, 11) is 0. The van der Waals surface area contributed by atoms with Crippen molar-refractivity contribution in [2.75, 3.05) is 0 Å². The number of fused-ring (bicyclic) bond motifs is 6. The summed E-state index contributed by atoms with van der Waals surface area (Å²) >= 11 is 0. The topological polar surface area (TPSA) is 60.0 Å². The largest absolute Gasteiger partial charge is 0.309 e. The van der Waals surface area contributed by atoms with Gasteiger partial charge in [0.05, 0.1) is 22.2 Å². The van der Waals surface area contributed by atoms with Gasteiger partial charge in [-0.15, -0.1) is 0 Å². The van der Waals surface area contributed by atoms with Crippen molar-refractivity contribution < 1.29 is 0 Å². The lowest BCUT2D eigenvalue weighted by Gasteiger charge is -2.09. The third kappa shape index (κ3) is 7.48. The molecule has 0 atom stereocenters. The fourth-order valence-electron chi connectivity index (χ4n) is 7.29. The second-order valence-corrected chi connectivity index (χ2v) is 13.2. The van der Waals surface area contributed by atoms with Crippen LogP contribution < -0.4 is 16.3 Å². The number of hydrazine groups is 1. The SMILES string of the molecule is C/C=C\C(C)=C/C=[N+]1c2ccccc2-c2cc(-c3ccc4c5ccccc5n(-c5ccccc5)c4c3)ccc21.NN.c1ccc(Cc2ccccc2)cc1. The summed E-state index contributed by atoms with van der Waals surface area (Å²) in [5.74, 6) is 8.00. The lowest BCUT2D eigenvalue weighted by molar-refractivity contribution is 1.14. The maximum absolute atomic E-state index is 4.00. The molecule has 0 aliphatic carbocycles. The Morgan fingerprint density at radius 3 is 1.81 bits per heavy atom. The second kappa shape index (κ2) is 16.8. The van der Waals surface area contributed by atoms with Gasteiger partial charge in [0, 0.05) is 34.7 Å². The van der Waals surface area contributed by atoms with Gasteiger partial charge in [0.2, 0.25) is 11.4 Å². The van der Waals surface area contributed by atoms with Crippen LogP contribution in [-0.4, -0.2) is 10.8 Å². The molecule has 0 radical (unpaired) electrons. The molecule has 264 valence electrons. The molecule has 1 aromatic heterocycles. The van der Waals surface area contributed by atoms with Gasteiger partial charge in [-0.3, -0.25) is 11.7 Å². The van der Waals surface area contributed by atoms with Crippen molar-refractivity contribution in [3.05, 3.63) is 211 Å². The van der Waals surface area contributed by atoms with E-state index in [9.17, 15) is 0 Å². The molecule has 4 nitrogen and oxygen atoms in total. The number of para-hydroxylation sites is 3. The lowest BCUT2D eigenvalue weighted by atomic mass is 9.98. The van der Waals surface area contributed by atoms with Crippen LogP contribution in [0.15, 0.2) is 200 Å². The molecular weight excluding hydrogens is 657 g/mol. The zero-order valence-corrected chi connectivity index (χ0v) is 30.8. The molecule has 4 N–H and O–H groups in total. The Bertz CT molecular complexity index is 2560. The Balaban J connectivity index is 0.000000252. The number of nitrogens with zero attached hydrogens (tertiary/aromatic N) is 2. The molecule has 7 aromatic carbocycles. The van der Waals surface area contributed by atoms with E-state index in [4.69, 9.17) is 0 Å². The van der Waals surface area contributed by atoms with Crippen LogP contribution >= 0.6 is 0 Å². The van der Waals surface area contributed by atoms with Gasteiger partial charge in [-0.05, 0) is 90.6 Å². The smallest absolute Gasteiger partial charge is 0.219 e. The van der Waals surface area contributed by atoms with Crippen LogP contribution in [0.3, 0.4) is 0 Å². The zero-order chi connectivity index (χ0) is 37.3. The van der Waals surface area contributed by atoms with Crippen molar-refractivity contribution in [2.24, 2.45) is 11.7 Å². The van der Waals surface area contributed by atoms with Crippen LogP contribution in [-0.2, 0) is 6.42 Å². The zero-order valence-electron chi connectivity index (χ0n) is 30.8. The standard InChI is InChI=1S/C37H29N2.C13H12.H4N2/c1-3-11-26(2)22-23-38-34-16-9-7-15-31(34)33-24-27(19-21-35(33)38)28-18-20-32-30-14-8-10-17-36(30)39(37(32)25-28)29-12-5-4-6-13-29;1-3-7-12(8-4-1)11-13-9-5-2-6-10-13;1-2/h3-25H,1-2H3;1-10H,11H2;1-2H2/q+1;;/b11-3-,26-22-,38-23?;;. The third-order valence-electron chi connectivity index (χ3n) is 9.74. The fraction of sp³-hybridized carbons (Fsp3) is 0.0600. The number of nitrogens with two attached hydrogens (primary N) is 2. The molecule has 0 unspecified atom stereocenters. The maximum atomic E-state index is 4.00. The predicted octanol–water partition coefficient (Wildman–Crippen LogP) is 12.0. The second-order valence-electron chi connectivity index (χ2n) is 13.2. The predicted molar refractivity (Wildman–Crippen MR) is 232 cm³/mol. The molecule has 0 fully saturated rings. The minimum absolute atomic E-state index is 1.03. The molecule has 1 aliphatic rings. The van der Waals surface area contributed by atoms with Gasteiger partial charge in [0.25, 0.3) is 0 Å².